The van der Waals surface area contributed by atoms with Gasteiger partial charge in [-0.15, -0.1) is 0 Å². The maximum Gasteiger partial charge on any atom is 0.416 e. The molecule has 1 fully saturated rings. The van der Waals surface area contributed by atoms with E-state index in [1.165, 1.54) is 12.1 Å². The lowest BCUT2D eigenvalue weighted by molar-refractivity contribution is -0.139. The van der Waals surface area contributed by atoms with Crippen LogP contribution in [0.1, 0.15) is 36.8 Å². The van der Waals surface area contributed by atoms with E-state index in [0.29, 0.717) is 0 Å². The summed E-state index contributed by atoms with van der Waals surface area (Å²) in [5.41, 5.74) is 4.94. The number of nitrogen functional groups attached to an aromatic ring is 1. The van der Waals surface area contributed by atoms with Gasteiger partial charge in [0.25, 0.3) is 0 Å². The van der Waals surface area contributed by atoms with Gasteiger partial charge in [-0.05, 0) is 43.4 Å². The van der Waals surface area contributed by atoms with Crippen molar-refractivity contribution in [2.45, 2.75) is 50.7 Å². The molecule has 21 heavy (non-hydrogen) atoms. The number of hydrogen-bond acceptors (Lipinski definition) is 3. The van der Waals surface area contributed by atoms with E-state index in [4.69, 9.17) is 15.2 Å². The second-order valence-corrected chi connectivity index (χ2v) is 5.37. The van der Waals surface area contributed by atoms with Crippen molar-refractivity contribution < 1.29 is 22.6 Å². The van der Waals surface area contributed by atoms with Crippen molar-refractivity contribution in [3.05, 3.63) is 29.3 Å². The van der Waals surface area contributed by atoms with Gasteiger partial charge in [0.05, 0.1) is 24.4 Å². The molecule has 1 saturated carbocycles. The topological polar surface area (TPSA) is 44.5 Å². The number of anilines is 1. The van der Waals surface area contributed by atoms with Crippen molar-refractivity contribution in [1.29, 1.82) is 0 Å². The van der Waals surface area contributed by atoms with Crippen LogP contribution in [0.25, 0.3) is 0 Å². The molecule has 1 aliphatic rings. The van der Waals surface area contributed by atoms with Crippen LogP contribution in [0.2, 0.25) is 0 Å². The molecule has 0 aromatic heterocycles. The van der Waals surface area contributed by atoms with Gasteiger partial charge in [-0.1, -0.05) is 6.07 Å². The summed E-state index contributed by atoms with van der Waals surface area (Å²) < 4.78 is 49.9. The number of benzene rings is 1. The van der Waals surface area contributed by atoms with E-state index in [-0.39, 0.29) is 30.1 Å². The Balaban J connectivity index is 2.03. The van der Waals surface area contributed by atoms with E-state index in [9.17, 15) is 13.2 Å². The molecule has 1 aromatic carbocycles. The maximum absolute atomic E-state index is 13.0. The van der Waals surface area contributed by atoms with E-state index >= 15 is 0 Å². The van der Waals surface area contributed by atoms with Gasteiger partial charge in [0.2, 0.25) is 0 Å². The van der Waals surface area contributed by atoms with Crippen molar-refractivity contribution in [2.75, 3.05) is 12.8 Å². The first-order valence-corrected chi connectivity index (χ1v) is 7.00. The van der Waals surface area contributed by atoms with E-state index < -0.39 is 11.7 Å². The van der Waals surface area contributed by atoms with Crippen molar-refractivity contribution in [3.63, 3.8) is 0 Å². The van der Waals surface area contributed by atoms with Crippen LogP contribution in [0, 0.1) is 0 Å². The van der Waals surface area contributed by atoms with E-state index in [0.717, 1.165) is 31.7 Å². The molecule has 2 rings (SSSR count). The number of alkyl halides is 3. The molecule has 0 spiro atoms. The summed E-state index contributed by atoms with van der Waals surface area (Å²) in [5.74, 6) is 0. The summed E-state index contributed by atoms with van der Waals surface area (Å²) in [6.07, 6.45) is -0.804. The highest BCUT2D eigenvalue weighted by Crippen LogP contribution is 2.34. The Labute approximate surface area is 122 Å². The fraction of sp³-hybridized carbons (Fsp3) is 0.600. The zero-order valence-corrected chi connectivity index (χ0v) is 12.0. The largest absolute Gasteiger partial charge is 0.416 e. The quantitative estimate of drug-likeness (QED) is 0.861. The number of methoxy groups -OCH3 is 1. The fourth-order valence-corrected chi connectivity index (χ4v) is 2.66. The fourth-order valence-electron chi connectivity index (χ4n) is 2.66. The number of ether oxygens (including phenoxy) is 2. The molecular formula is C15H20F3NO2. The van der Waals surface area contributed by atoms with Crippen molar-refractivity contribution in [1.82, 2.24) is 0 Å². The highest BCUT2D eigenvalue weighted by Gasteiger charge is 2.33. The Morgan fingerprint density at radius 3 is 2.62 bits per heavy atom. The lowest BCUT2D eigenvalue weighted by atomic mass is 9.95. The minimum absolute atomic E-state index is 0.0534. The average Bonchev–Trinajstić information content (AvgIpc) is 2.45. The van der Waals surface area contributed by atoms with Crippen LogP contribution in [0.4, 0.5) is 18.9 Å². The SMILES string of the molecule is COC1CCCC(OCc2ccc(N)cc2C(F)(F)F)C1. The predicted octanol–water partition coefficient (Wildman–Crippen LogP) is 3.76. The molecule has 0 radical (unpaired) electrons. The molecule has 2 N–H and O–H groups in total. The molecule has 2 atom stereocenters. The normalized spacial score (nSPS) is 23.2. The summed E-state index contributed by atoms with van der Waals surface area (Å²) >= 11 is 0. The van der Waals surface area contributed by atoms with Gasteiger partial charge in [0.1, 0.15) is 0 Å². The predicted molar refractivity (Wildman–Crippen MR) is 73.7 cm³/mol. The lowest BCUT2D eigenvalue weighted by Gasteiger charge is -2.28. The van der Waals surface area contributed by atoms with Gasteiger partial charge in [-0.3, -0.25) is 0 Å². The van der Waals surface area contributed by atoms with Crippen LogP contribution in [-0.4, -0.2) is 19.3 Å². The molecule has 0 amide bonds. The third-order valence-electron chi connectivity index (χ3n) is 3.83. The lowest BCUT2D eigenvalue weighted by Crippen LogP contribution is -2.27. The zero-order chi connectivity index (χ0) is 15.5. The molecule has 1 aromatic rings. The first kappa shape index (κ1) is 16.1. The molecular weight excluding hydrogens is 283 g/mol. The second-order valence-electron chi connectivity index (χ2n) is 5.37. The Hall–Kier alpha value is -1.27. The third kappa shape index (κ3) is 4.35. The summed E-state index contributed by atoms with van der Waals surface area (Å²) in [4.78, 5) is 0. The van der Waals surface area contributed by atoms with Crippen LogP contribution in [-0.2, 0) is 22.3 Å². The minimum atomic E-state index is -4.42. The molecule has 2 unspecified atom stereocenters. The number of rotatable bonds is 4. The molecule has 1 aliphatic carbocycles. The summed E-state index contributed by atoms with van der Waals surface area (Å²) in [5, 5.41) is 0. The molecule has 0 saturated heterocycles. The number of hydrogen-bond donors (Lipinski definition) is 1. The Morgan fingerprint density at radius 2 is 1.95 bits per heavy atom. The van der Waals surface area contributed by atoms with Gasteiger partial charge >= 0.3 is 6.18 Å². The first-order valence-electron chi connectivity index (χ1n) is 7.00. The van der Waals surface area contributed by atoms with Crippen LogP contribution >= 0.6 is 0 Å². The molecule has 118 valence electrons. The Bertz CT molecular complexity index is 476. The molecule has 6 heteroatoms. The van der Waals surface area contributed by atoms with E-state index in [1.54, 1.807) is 7.11 Å². The van der Waals surface area contributed by atoms with Crippen molar-refractivity contribution >= 4 is 5.69 Å². The van der Waals surface area contributed by atoms with Gasteiger partial charge in [-0.25, -0.2) is 0 Å². The van der Waals surface area contributed by atoms with Crippen molar-refractivity contribution in [3.8, 4) is 0 Å². The van der Waals surface area contributed by atoms with Crippen LogP contribution in [0.5, 0.6) is 0 Å². The first-order chi connectivity index (χ1) is 9.90. The minimum Gasteiger partial charge on any atom is -0.399 e. The summed E-state index contributed by atoms with van der Waals surface area (Å²) in [6, 6.07) is 3.80. The van der Waals surface area contributed by atoms with Gasteiger partial charge in [0, 0.05) is 12.8 Å². The highest BCUT2D eigenvalue weighted by molar-refractivity contribution is 5.45. The van der Waals surface area contributed by atoms with Crippen LogP contribution in [0.3, 0.4) is 0 Å². The molecule has 0 heterocycles. The zero-order valence-electron chi connectivity index (χ0n) is 12.0. The molecule has 0 bridgehead atoms. The summed E-state index contributed by atoms with van der Waals surface area (Å²) in [7, 11) is 1.65. The van der Waals surface area contributed by atoms with E-state index in [2.05, 4.69) is 0 Å². The molecule has 3 nitrogen and oxygen atoms in total. The third-order valence-corrected chi connectivity index (χ3v) is 3.83. The van der Waals surface area contributed by atoms with Crippen LogP contribution < -0.4 is 5.73 Å². The van der Waals surface area contributed by atoms with Crippen molar-refractivity contribution in [2.24, 2.45) is 0 Å². The van der Waals surface area contributed by atoms with E-state index in [1.807, 2.05) is 0 Å². The van der Waals surface area contributed by atoms with Gasteiger partial charge in [0.15, 0.2) is 0 Å². The maximum atomic E-state index is 13.0. The summed E-state index contributed by atoms with van der Waals surface area (Å²) in [6.45, 7) is -0.0593. The monoisotopic (exact) mass is 303 g/mol. The number of halogens is 3. The standard InChI is InChI=1S/C15H20F3NO2/c1-20-12-3-2-4-13(8-12)21-9-10-5-6-11(19)7-14(10)15(16,17)18/h5-7,12-13H,2-4,8-9,19H2,1H3. The Morgan fingerprint density at radius 1 is 1.24 bits per heavy atom. The second kappa shape index (κ2) is 6.66. The van der Waals surface area contributed by atoms with Gasteiger partial charge in [-0.2, -0.15) is 13.2 Å². The molecule has 0 aliphatic heterocycles. The average molecular weight is 303 g/mol. The number of nitrogens with two attached hydrogens (primary N) is 1. The van der Waals surface area contributed by atoms with Gasteiger partial charge < -0.3 is 15.2 Å². The Kier molecular flexibility index (Phi) is 5.11. The highest BCUT2D eigenvalue weighted by atomic mass is 19.4. The smallest absolute Gasteiger partial charge is 0.399 e. The van der Waals surface area contributed by atoms with Crippen LogP contribution in [0.15, 0.2) is 18.2 Å².